The van der Waals surface area contributed by atoms with Gasteiger partial charge >= 0.3 is 0 Å². The van der Waals surface area contributed by atoms with Gasteiger partial charge < -0.3 is 10.6 Å². The van der Waals surface area contributed by atoms with Crippen LogP contribution in [0.3, 0.4) is 0 Å². The molecule has 1 aliphatic rings. The lowest BCUT2D eigenvalue weighted by Gasteiger charge is -2.10. The van der Waals surface area contributed by atoms with Crippen molar-refractivity contribution >= 4 is 11.6 Å². The van der Waals surface area contributed by atoms with Crippen molar-refractivity contribution in [3.8, 4) is 0 Å². The van der Waals surface area contributed by atoms with Gasteiger partial charge in [-0.2, -0.15) is 0 Å². The lowest BCUT2D eigenvalue weighted by atomic mass is 10.1. The van der Waals surface area contributed by atoms with Gasteiger partial charge in [-0.05, 0) is 44.5 Å². The Morgan fingerprint density at radius 1 is 1.58 bits per heavy atom. The molecule has 1 aromatic rings. The van der Waals surface area contributed by atoms with Gasteiger partial charge in [-0.15, -0.1) is 0 Å². The number of hydrogen-bond acceptors (Lipinski definition) is 4. The second-order valence-electron chi connectivity index (χ2n) is 4.83. The molecule has 0 bridgehead atoms. The number of amides is 1. The summed E-state index contributed by atoms with van der Waals surface area (Å²) in [6, 6.07) is 4.43. The first-order valence-electron chi connectivity index (χ1n) is 6.32. The lowest BCUT2D eigenvalue weighted by molar-refractivity contribution is -0.385. The van der Waals surface area contributed by atoms with E-state index in [1.54, 1.807) is 13.0 Å². The molecule has 0 saturated carbocycles. The SMILES string of the molecule is Cc1cc(C(=O)NCC2CCNC2)ccc1[N+](=O)[O-]. The van der Waals surface area contributed by atoms with E-state index in [0.717, 1.165) is 19.5 Å². The van der Waals surface area contributed by atoms with Gasteiger partial charge in [0.2, 0.25) is 0 Å². The maximum Gasteiger partial charge on any atom is 0.272 e. The van der Waals surface area contributed by atoms with Gasteiger partial charge in [-0.3, -0.25) is 14.9 Å². The number of hydrogen-bond donors (Lipinski definition) is 2. The fourth-order valence-electron chi connectivity index (χ4n) is 2.23. The molecular weight excluding hydrogens is 246 g/mol. The van der Waals surface area contributed by atoms with Crippen LogP contribution in [0.2, 0.25) is 0 Å². The molecule has 102 valence electrons. The molecule has 2 rings (SSSR count). The van der Waals surface area contributed by atoms with Gasteiger partial charge in [-0.1, -0.05) is 0 Å². The number of nitro groups is 1. The minimum Gasteiger partial charge on any atom is -0.352 e. The number of nitro benzene ring substituents is 1. The molecule has 6 heteroatoms. The van der Waals surface area contributed by atoms with Gasteiger partial charge in [-0.25, -0.2) is 0 Å². The predicted octanol–water partition coefficient (Wildman–Crippen LogP) is 1.24. The second kappa shape index (κ2) is 5.79. The summed E-state index contributed by atoms with van der Waals surface area (Å²) in [5, 5.41) is 16.8. The van der Waals surface area contributed by atoms with Crippen LogP contribution in [0.4, 0.5) is 5.69 Å². The highest BCUT2D eigenvalue weighted by molar-refractivity contribution is 5.94. The largest absolute Gasteiger partial charge is 0.352 e. The Bertz CT molecular complexity index is 496. The minimum absolute atomic E-state index is 0.0385. The molecule has 1 amide bonds. The van der Waals surface area contributed by atoms with Gasteiger partial charge in [0.1, 0.15) is 0 Å². The zero-order valence-electron chi connectivity index (χ0n) is 10.8. The van der Waals surface area contributed by atoms with Crippen LogP contribution in [0.25, 0.3) is 0 Å². The molecule has 1 heterocycles. The van der Waals surface area contributed by atoms with Crippen LogP contribution in [-0.4, -0.2) is 30.5 Å². The first-order valence-corrected chi connectivity index (χ1v) is 6.32. The average Bonchev–Trinajstić information content (AvgIpc) is 2.88. The van der Waals surface area contributed by atoms with E-state index in [2.05, 4.69) is 10.6 Å². The molecular formula is C13H17N3O3. The number of carbonyl (C=O) groups excluding carboxylic acids is 1. The Labute approximate surface area is 111 Å². The third-order valence-electron chi connectivity index (χ3n) is 3.37. The standard InChI is InChI=1S/C13H17N3O3/c1-9-6-11(2-3-12(9)16(18)19)13(17)15-8-10-4-5-14-7-10/h2-3,6,10,14H,4-5,7-8H2,1H3,(H,15,17). The van der Waals surface area contributed by atoms with E-state index in [4.69, 9.17) is 0 Å². The molecule has 6 nitrogen and oxygen atoms in total. The Balaban J connectivity index is 1.98. The van der Waals surface area contributed by atoms with Crippen molar-refractivity contribution in [1.82, 2.24) is 10.6 Å². The van der Waals surface area contributed by atoms with Crippen molar-refractivity contribution in [2.45, 2.75) is 13.3 Å². The number of aryl methyl sites for hydroxylation is 1. The van der Waals surface area contributed by atoms with Crippen LogP contribution in [0.15, 0.2) is 18.2 Å². The monoisotopic (exact) mass is 263 g/mol. The van der Waals surface area contributed by atoms with Crippen molar-refractivity contribution in [2.75, 3.05) is 19.6 Å². The van der Waals surface area contributed by atoms with Crippen LogP contribution in [0, 0.1) is 23.0 Å². The minimum atomic E-state index is -0.443. The number of nitrogens with zero attached hydrogens (tertiary/aromatic N) is 1. The number of nitrogens with one attached hydrogen (secondary N) is 2. The third-order valence-corrected chi connectivity index (χ3v) is 3.37. The first kappa shape index (κ1) is 13.5. The van der Waals surface area contributed by atoms with Crippen molar-refractivity contribution in [1.29, 1.82) is 0 Å². The van der Waals surface area contributed by atoms with E-state index < -0.39 is 4.92 Å². The molecule has 1 atom stereocenters. The highest BCUT2D eigenvalue weighted by atomic mass is 16.6. The van der Waals surface area contributed by atoms with Crippen molar-refractivity contribution < 1.29 is 9.72 Å². The molecule has 0 spiro atoms. The Kier molecular flexibility index (Phi) is 4.11. The van der Waals surface area contributed by atoms with E-state index in [-0.39, 0.29) is 11.6 Å². The summed E-state index contributed by atoms with van der Waals surface area (Å²) < 4.78 is 0. The molecule has 0 aliphatic carbocycles. The number of carbonyl (C=O) groups is 1. The Morgan fingerprint density at radius 2 is 2.37 bits per heavy atom. The van der Waals surface area contributed by atoms with Crippen molar-refractivity contribution in [3.63, 3.8) is 0 Å². The molecule has 0 aromatic heterocycles. The molecule has 1 saturated heterocycles. The normalized spacial score (nSPS) is 18.3. The molecule has 2 N–H and O–H groups in total. The van der Waals surface area contributed by atoms with E-state index in [1.165, 1.54) is 12.1 Å². The summed E-state index contributed by atoms with van der Waals surface area (Å²) in [6.07, 6.45) is 1.07. The molecule has 1 aromatic carbocycles. The highest BCUT2D eigenvalue weighted by Gasteiger charge is 2.17. The fourth-order valence-corrected chi connectivity index (χ4v) is 2.23. The summed E-state index contributed by atoms with van der Waals surface area (Å²) in [7, 11) is 0. The van der Waals surface area contributed by atoms with Crippen molar-refractivity contribution in [3.05, 3.63) is 39.4 Å². The topological polar surface area (TPSA) is 84.3 Å². The molecule has 1 aliphatic heterocycles. The predicted molar refractivity (Wildman–Crippen MR) is 71.1 cm³/mol. The van der Waals surface area contributed by atoms with Crippen molar-refractivity contribution in [2.24, 2.45) is 5.92 Å². The number of rotatable bonds is 4. The molecule has 1 fully saturated rings. The van der Waals surface area contributed by atoms with Crippen LogP contribution in [0.5, 0.6) is 0 Å². The maximum absolute atomic E-state index is 11.9. The van der Waals surface area contributed by atoms with E-state index in [9.17, 15) is 14.9 Å². The Hall–Kier alpha value is -1.95. The number of benzene rings is 1. The summed E-state index contributed by atoms with van der Waals surface area (Å²) in [5.74, 6) is 0.299. The van der Waals surface area contributed by atoms with Crippen LogP contribution < -0.4 is 10.6 Å². The highest BCUT2D eigenvalue weighted by Crippen LogP contribution is 2.18. The van der Waals surface area contributed by atoms with Gasteiger partial charge in [0.25, 0.3) is 11.6 Å². The summed E-state index contributed by atoms with van der Waals surface area (Å²) in [5.41, 5.74) is 1.01. The molecule has 1 unspecified atom stereocenters. The van der Waals surface area contributed by atoms with Gasteiger partial charge in [0.05, 0.1) is 4.92 Å². The second-order valence-corrected chi connectivity index (χ2v) is 4.83. The third kappa shape index (κ3) is 3.29. The van der Waals surface area contributed by atoms with Gasteiger partial charge in [0, 0.05) is 23.7 Å². The summed E-state index contributed by atoms with van der Waals surface area (Å²) in [6.45, 7) is 4.20. The summed E-state index contributed by atoms with van der Waals surface area (Å²) >= 11 is 0. The Morgan fingerprint density at radius 3 is 2.95 bits per heavy atom. The van der Waals surface area contributed by atoms with E-state index >= 15 is 0 Å². The smallest absolute Gasteiger partial charge is 0.272 e. The zero-order valence-corrected chi connectivity index (χ0v) is 10.8. The van der Waals surface area contributed by atoms with Crippen LogP contribution in [0.1, 0.15) is 22.3 Å². The van der Waals surface area contributed by atoms with Crippen LogP contribution in [-0.2, 0) is 0 Å². The first-order chi connectivity index (χ1) is 9.08. The zero-order chi connectivity index (χ0) is 13.8. The lowest BCUT2D eigenvalue weighted by Crippen LogP contribution is -2.30. The molecule has 19 heavy (non-hydrogen) atoms. The van der Waals surface area contributed by atoms with E-state index in [0.29, 0.717) is 23.6 Å². The van der Waals surface area contributed by atoms with E-state index in [1.807, 2.05) is 0 Å². The summed E-state index contributed by atoms with van der Waals surface area (Å²) in [4.78, 5) is 22.2. The van der Waals surface area contributed by atoms with Crippen LogP contribution >= 0.6 is 0 Å². The quantitative estimate of drug-likeness (QED) is 0.632. The molecule has 0 radical (unpaired) electrons. The fraction of sp³-hybridized carbons (Fsp3) is 0.462. The average molecular weight is 263 g/mol. The van der Waals surface area contributed by atoms with Gasteiger partial charge in [0.15, 0.2) is 0 Å². The maximum atomic E-state index is 11.9.